The van der Waals surface area contributed by atoms with Crippen molar-refractivity contribution in [3.63, 3.8) is 0 Å². The highest BCUT2D eigenvalue weighted by molar-refractivity contribution is 5.93. The summed E-state index contributed by atoms with van der Waals surface area (Å²) in [6.07, 6.45) is 0.545. The fourth-order valence-corrected chi connectivity index (χ4v) is 1.91. The third-order valence-electron chi connectivity index (χ3n) is 3.04. The summed E-state index contributed by atoms with van der Waals surface area (Å²) in [5.74, 6) is -0.485. The lowest BCUT2D eigenvalue weighted by Crippen LogP contribution is -2.34. The third kappa shape index (κ3) is 4.60. The number of nitrogens with one attached hydrogen (secondary N) is 1. The molecule has 24 heavy (non-hydrogen) atoms. The SMILES string of the molecule is COC(=O)c1ccc(-c2nnn(CCCC(=O)NC(N)=O)n2)cc1. The second kappa shape index (κ2) is 7.81. The predicted molar refractivity (Wildman–Crippen MR) is 81.6 cm³/mol. The maximum Gasteiger partial charge on any atom is 0.337 e. The molecule has 0 aliphatic heterocycles. The maximum absolute atomic E-state index is 11.4. The van der Waals surface area contributed by atoms with Gasteiger partial charge in [-0.25, -0.2) is 9.59 Å². The minimum absolute atomic E-state index is 0.119. The second-order valence-electron chi connectivity index (χ2n) is 4.79. The number of nitrogens with zero attached hydrogens (tertiary/aromatic N) is 4. The number of imide groups is 1. The van der Waals surface area contributed by atoms with Crippen LogP contribution in [0.1, 0.15) is 23.2 Å². The standard InChI is InChI=1S/C14H16N6O4/c1-24-13(22)10-6-4-9(5-7-10)12-17-19-20(18-12)8-2-3-11(21)16-14(15)23/h4-7H,2-3,8H2,1H3,(H3,15,16,21,23). The Morgan fingerprint density at radius 1 is 1.25 bits per heavy atom. The Bertz CT molecular complexity index is 740. The molecule has 0 bridgehead atoms. The molecule has 0 atom stereocenters. The average Bonchev–Trinajstić information content (AvgIpc) is 3.02. The average molecular weight is 332 g/mol. The van der Waals surface area contributed by atoms with Crippen molar-refractivity contribution in [1.82, 2.24) is 25.5 Å². The largest absolute Gasteiger partial charge is 0.465 e. The summed E-state index contributed by atoms with van der Waals surface area (Å²) in [7, 11) is 1.31. The van der Waals surface area contributed by atoms with Gasteiger partial charge in [-0.2, -0.15) is 4.80 Å². The molecule has 0 spiro atoms. The van der Waals surface area contributed by atoms with Gasteiger partial charge >= 0.3 is 12.0 Å². The minimum Gasteiger partial charge on any atom is -0.465 e. The molecule has 0 aliphatic carbocycles. The maximum atomic E-state index is 11.4. The van der Waals surface area contributed by atoms with E-state index in [1.54, 1.807) is 24.3 Å². The number of tetrazole rings is 1. The molecule has 0 aliphatic rings. The van der Waals surface area contributed by atoms with Gasteiger partial charge in [-0.3, -0.25) is 10.1 Å². The van der Waals surface area contributed by atoms with E-state index in [4.69, 9.17) is 5.73 Å². The molecule has 10 nitrogen and oxygen atoms in total. The summed E-state index contributed by atoms with van der Waals surface area (Å²) in [5, 5.41) is 14.0. The first kappa shape index (κ1) is 17.1. The number of esters is 1. The molecule has 0 unspecified atom stereocenters. The highest BCUT2D eigenvalue weighted by atomic mass is 16.5. The molecule has 3 N–H and O–H groups in total. The lowest BCUT2D eigenvalue weighted by Gasteiger charge is -2.00. The van der Waals surface area contributed by atoms with Crippen molar-refractivity contribution in [2.45, 2.75) is 19.4 Å². The number of primary amides is 1. The van der Waals surface area contributed by atoms with Gasteiger partial charge in [-0.05, 0) is 23.8 Å². The van der Waals surface area contributed by atoms with Crippen LogP contribution in [-0.4, -0.2) is 45.2 Å². The van der Waals surface area contributed by atoms with Crippen molar-refractivity contribution < 1.29 is 19.1 Å². The normalized spacial score (nSPS) is 10.2. The van der Waals surface area contributed by atoms with E-state index in [1.807, 2.05) is 5.32 Å². The van der Waals surface area contributed by atoms with Crippen LogP contribution in [0, 0.1) is 0 Å². The third-order valence-corrected chi connectivity index (χ3v) is 3.04. The summed E-state index contributed by atoms with van der Waals surface area (Å²) in [5.41, 5.74) is 5.96. The van der Waals surface area contributed by atoms with Gasteiger partial charge in [0.2, 0.25) is 11.7 Å². The first-order valence-electron chi connectivity index (χ1n) is 7.05. The predicted octanol–water partition coefficient (Wildman–Crippen LogP) is 0.102. The lowest BCUT2D eigenvalue weighted by atomic mass is 10.1. The minimum atomic E-state index is -0.878. The quantitative estimate of drug-likeness (QED) is 0.714. The molecule has 2 aromatic rings. The number of aromatic nitrogens is 4. The smallest absolute Gasteiger partial charge is 0.337 e. The number of aryl methyl sites for hydroxylation is 1. The molecular weight excluding hydrogens is 316 g/mol. The molecule has 10 heteroatoms. The number of benzene rings is 1. The summed E-state index contributed by atoms with van der Waals surface area (Å²) in [4.78, 5) is 34.5. The molecule has 0 saturated carbocycles. The Morgan fingerprint density at radius 3 is 2.58 bits per heavy atom. The van der Waals surface area contributed by atoms with Gasteiger partial charge < -0.3 is 10.5 Å². The first-order valence-corrected chi connectivity index (χ1v) is 7.05. The number of urea groups is 1. The Kier molecular flexibility index (Phi) is 5.55. The highest BCUT2D eigenvalue weighted by Gasteiger charge is 2.10. The molecule has 1 aromatic heterocycles. The summed E-state index contributed by atoms with van der Waals surface area (Å²) >= 11 is 0. The number of carbonyl (C=O) groups excluding carboxylic acids is 3. The van der Waals surface area contributed by atoms with E-state index in [-0.39, 0.29) is 6.42 Å². The molecule has 2 rings (SSSR count). The molecule has 1 heterocycles. The van der Waals surface area contributed by atoms with E-state index in [0.717, 1.165) is 0 Å². The number of amides is 3. The zero-order chi connectivity index (χ0) is 17.5. The summed E-state index contributed by atoms with van der Waals surface area (Å²) < 4.78 is 4.63. The van der Waals surface area contributed by atoms with Crippen LogP contribution in [0.25, 0.3) is 11.4 Å². The Balaban J connectivity index is 1.92. The van der Waals surface area contributed by atoms with Crippen molar-refractivity contribution in [1.29, 1.82) is 0 Å². The van der Waals surface area contributed by atoms with Crippen LogP contribution < -0.4 is 11.1 Å². The summed E-state index contributed by atoms with van der Waals surface area (Å²) in [6, 6.07) is 5.71. The molecule has 126 valence electrons. The van der Waals surface area contributed by atoms with Gasteiger partial charge in [0.05, 0.1) is 19.2 Å². The number of rotatable bonds is 6. The lowest BCUT2D eigenvalue weighted by molar-refractivity contribution is -0.120. The van der Waals surface area contributed by atoms with Crippen LogP contribution in [0.15, 0.2) is 24.3 Å². The van der Waals surface area contributed by atoms with Crippen LogP contribution in [-0.2, 0) is 16.1 Å². The van der Waals surface area contributed by atoms with E-state index in [2.05, 4.69) is 20.1 Å². The topological polar surface area (TPSA) is 142 Å². The van der Waals surface area contributed by atoms with Gasteiger partial charge in [0.25, 0.3) is 0 Å². The van der Waals surface area contributed by atoms with Crippen LogP contribution >= 0.6 is 0 Å². The van der Waals surface area contributed by atoms with Crippen molar-refractivity contribution in [2.75, 3.05) is 7.11 Å². The Labute approximate surface area is 137 Å². The van der Waals surface area contributed by atoms with Gasteiger partial charge in [0, 0.05) is 12.0 Å². The van der Waals surface area contributed by atoms with E-state index < -0.39 is 17.9 Å². The van der Waals surface area contributed by atoms with Crippen molar-refractivity contribution >= 4 is 17.9 Å². The number of hydrogen-bond donors (Lipinski definition) is 2. The molecule has 0 radical (unpaired) electrons. The zero-order valence-corrected chi connectivity index (χ0v) is 12.9. The van der Waals surface area contributed by atoms with E-state index in [0.29, 0.717) is 29.9 Å². The van der Waals surface area contributed by atoms with Crippen molar-refractivity contribution in [3.05, 3.63) is 29.8 Å². The van der Waals surface area contributed by atoms with Crippen molar-refractivity contribution in [2.24, 2.45) is 5.73 Å². The van der Waals surface area contributed by atoms with E-state index in [1.165, 1.54) is 11.9 Å². The molecule has 3 amide bonds. The number of carbonyl (C=O) groups is 3. The van der Waals surface area contributed by atoms with Crippen LogP contribution in [0.3, 0.4) is 0 Å². The van der Waals surface area contributed by atoms with E-state index in [9.17, 15) is 14.4 Å². The summed E-state index contributed by atoms with van der Waals surface area (Å²) in [6.45, 7) is 0.361. The van der Waals surface area contributed by atoms with Gasteiger partial charge in [-0.15, -0.1) is 10.2 Å². The van der Waals surface area contributed by atoms with Crippen LogP contribution in [0.5, 0.6) is 0 Å². The second-order valence-corrected chi connectivity index (χ2v) is 4.79. The highest BCUT2D eigenvalue weighted by Crippen LogP contribution is 2.15. The van der Waals surface area contributed by atoms with Gasteiger partial charge in [0.15, 0.2) is 0 Å². The Hall–Kier alpha value is -3.30. The number of nitrogens with two attached hydrogens (primary N) is 1. The van der Waals surface area contributed by atoms with Crippen molar-refractivity contribution in [3.8, 4) is 11.4 Å². The molecule has 0 saturated heterocycles. The number of hydrogen-bond acceptors (Lipinski definition) is 7. The zero-order valence-electron chi connectivity index (χ0n) is 12.9. The monoisotopic (exact) mass is 332 g/mol. The van der Waals surface area contributed by atoms with Gasteiger partial charge in [-0.1, -0.05) is 12.1 Å². The molecule has 1 aromatic carbocycles. The van der Waals surface area contributed by atoms with Crippen LogP contribution in [0.2, 0.25) is 0 Å². The van der Waals surface area contributed by atoms with Gasteiger partial charge in [0.1, 0.15) is 0 Å². The molecular formula is C14H16N6O4. The first-order chi connectivity index (χ1) is 11.5. The Morgan fingerprint density at radius 2 is 1.96 bits per heavy atom. The fourth-order valence-electron chi connectivity index (χ4n) is 1.91. The fraction of sp³-hybridized carbons (Fsp3) is 0.286. The van der Waals surface area contributed by atoms with E-state index >= 15 is 0 Å². The van der Waals surface area contributed by atoms with Crippen LogP contribution in [0.4, 0.5) is 4.79 Å². The number of ether oxygens (including phenoxy) is 1. The molecule has 0 fully saturated rings. The number of methoxy groups -OCH3 is 1.